The Kier molecular flexibility index (Phi) is 3.71. The lowest BCUT2D eigenvalue weighted by molar-refractivity contribution is 1.38. The predicted molar refractivity (Wildman–Crippen MR) is 75.3 cm³/mol. The van der Waals surface area contributed by atoms with Crippen molar-refractivity contribution in [1.82, 2.24) is 0 Å². The first kappa shape index (κ1) is 13.0. The normalized spacial score (nSPS) is 9.47. The summed E-state index contributed by atoms with van der Waals surface area (Å²) in [6, 6.07) is 14.7. The molecule has 0 fully saturated rings. The quantitative estimate of drug-likeness (QED) is 0.890. The number of hydrogen-bond donors (Lipinski definition) is 1. The molecule has 2 rings (SSSR count). The molecule has 0 radical (unpaired) electrons. The Bertz CT molecular complexity index is 708. The Morgan fingerprint density at radius 2 is 1.68 bits per heavy atom. The first-order valence-corrected chi connectivity index (χ1v) is 5.99. The van der Waals surface area contributed by atoms with Crippen LogP contribution >= 0.6 is 11.6 Å². The number of rotatable bonds is 2. The molecular weight excluding hydrogens is 258 g/mol. The van der Waals surface area contributed by atoms with Crippen molar-refractivity contribution in [2.24, 2.45) is 0 Å². The number of hydrogen-bond acceptors (Lipinski definition) is 3. The van der Waals surface area contributed by atoms with Gasteiger partial charge < -0.3 is 5.32 Å². The van der Waals surface area contributed by atoms with E-state index >= 15 is 0 Å². The summed E-state index contributed by atoms with van der Waals surface area (Å²) < 4.78 is 0. The van der Waals surface area contributed by atoms with Crippen molar-refractivity contribution in [3.05, 3.63) is 58.1 Å². The topological polar surface area (TPSA) is 59.6 Å². The molecule has 0 aliphatic carbocycles. The molecule has 0 aliphatic rings. The van der Waals surface area contributed by atoms with Gasteiger partial charge in [0.25, 0.3) is 0 Å². The monoisotopic (exact) mass is 267 g/mol. The largest absolute Gasteiger partial charge is 0.354 e. The summed E-state index contributed by atoms with van der Waals surface area (Å²) in [6.07, 6.45) is 0. The minimum absolute atomic E-state index is 0.520. The Morgan fingerprint density at radius 1 is 1.00 bits per heavy atom. The van der Waals surface area contributed by atoms with Crippen LogP contribution in [0.2, 0.25) is 5.02 Å². The highest BCUT2D eigenvalue weighted by Gasteiger charge is 2.05. The van der Waals surface area contributed by atoms with Gasteiger partial charge in [0.05, 0.1) is 22.9 Å². The molecule has 2 aromatic carbocycles. The molecule has 2 aromatic rings. The number of anilines is 2. The van der Waals surface area contributed by atoms with Gasteiger partial charge in [0, 0.05) is 10.7 Å². The zero-order valence-electron chi connectivity index (χ0n) is 10.2. The van der Waals surface area contributed by atoms with Gasteiger partial charge in [0.1, 0.15) is 6.07 Å². The van der Waals surface area contributed by atoms with Gasteiger partial charge in [-0.1, -0.05) is 11.6 Å². The van der Waals surface area contributed by atoms with Gasteiger partial charge in [-0.3, -0.25) is 0 Å². The van der Waals surface area contributed by atoms with E-state index in [4.69, 9.17) is 22.1 Å². The van der Waals surface area contributed by atoms with Crippen molar-refractivity contribution >= 4 is 23.0 Å². The average molecular weight is 268 g/mol. The standard InChI is InChI=1S/C15H10ClN3/c1-10-6-14(5-3-11(10)8-17)19-15-7-13(16)4-2-12(15)9-18/h2-7,19H,1H3. The van der Waals surface area contributed by atoms with Crippen LogP contribution in [0.15, 0.2) is 36.4 Å². The third kappa shape index (κ3) is 2.85. The van der Waals surface area contributed by atoms with Crippen LogP contribution in [0.1, 0.15) is 16.7 Å². The van der Waals surface area contributed by atoms with Gasteiger partial charge in [-0.25, -0.2) is 0 Å². The molecular formula is C15H10ClN3. The molecule has 0 spiro atoms. The Balaban J connectivity index is 2.37. The number of halogens is 1. The van der Waals surface area contributed by atoms with Crippen LogP contribution < -0.4 is 5.32 Å². The smallest absolute Gasteiger partial charge is 0.101 e. The minimum Gasteiger partial charge on any atom is -0.354 e. The van der Waals surface area contributed by atoms with Crippen LogP contribution in [0.3, 0.4) is 0 Å². The van der Waals surface area contributed by atoms with E-state index in [0.29, 0.717) is 21.8 Å². The summed E-state index contributed by atoms with van der Waals surface area (Å²) >= 11 is 5.93. The molecule has 1 N–H and O–H groups in total. The number of nitrogens with zero attached hydrogens (tertiary/aromatic N) is 2. The molecule has 0 atom stereocenters. The molecule has 0 saturated heterocycles. The van der Waals surface area contributed by atoms with Crippen LogP contribution in [0.4, 0.5) is 11.4 Å². The van der Waals surface area contributed by atoms with Crippen molar-refractivity contribution < 1.29 is 0 Å². The van der Waals surface area contributed by atoms with E-state index in [9.17, 15) is 0 Å². The van der Waals surface area contributed by atoms with Gasteiger partial charge in [0.15, 0.2) is 0 Å². The fourth-order valence-corrected chi connectivity index (χ4v) is 1.91. The van der Waals surface area contributed by atoms with Crippen LogP contribution in [0.25, 0.3) is 0 Å². The van der Waals surface area contributed by atoms with E-state index in [0.717, 1.165) is 11.3 Å². The number of aryl methyl sites for hydroxylation is 1. The van der Waals surface area contributed by atoms with Gasteiger partial charge >= 0.3 is 0 Å². The van der Waals surface area contributed by atoms with Gasteiger partial charge in [0.2, 0.25) is 0 Å². The van der Waals surface area contributed by atoms with E-state index in [1.54, 1.807) is 30.3 Å². The number of nitriles is 2. The van der Waals surface area contributed by atoms with Crippen molar-refractivity contribution in [3.63, 3.8) is 0 Å². The highest BCUT2D eigenvalue weighted by molar-refractivity contribution is 6.30. The summed E-state index contributed by atoms with van der Waals surface area (Å²) in [7, 11) is 0. The van der Waals surface area contributed by atoms with E-state index in [-0.39, 0.29) is 0 Å². The first-order valence-electron chi connectivity index (χ1n) is 5.61. The van der Waals surface area contributed by atoms with Crippen molar-refractivity contribution in [2.75, 3.05) is 5.32 Å². The third-order valence-electron chi connectivity index (χ3n) is 2.73. The Labute approximate surface area is 116 Å². The van der Waals surface area contributed by atoms with Crippen LogP contribution in [-0.2, 0) is 0 Å². The molecule has 0 unspecified atom stereocenters. The van der Waals surface area contributed by atoms with Crippen LogP contribution in [0.5, 0.6) is 0 Å². The molecule has 0 bridgehead atoms. The number of nitrogens with one attached hydrogen (secondary N) is 1. The lowest BCUT2D eigenvalue weighted by Crippen LogP contribution is -1.95. The molecule has 0 heterocycles. The van der Waals surface area contributed by atoms with E-state index in [1.165, 1.54) is 0 Å². The highest BCUT2D eigenvalue weighted by Crippen LogP contribution is 2.25. The molecule has 0 aliphatic heterocycles. The van der Waals surface area contributed by atoms with Gasteiger partial charge in [-0.15, -0.1) is 0 Å². The summed E-state index contributed by atoms with van der Waals surface area (Å²) in [5.74, 6) is 0. The predicted octanol–water partition coefficient (Wildman–Crippen LogP) is 4.14. The SMILES string of the molecule is Cc1cc(Nc2cc(Cl)ccc2C#N)ccc1C#N. The third-order valence-corrected chi connectivity index (χ3v) is 2.96. The zero-order valence-corrected chi connectivity index (χ0v) is 11.0. The molecule has 0 saturated carbocycles. The maximum absolute atomic E-state index is 9.05. The van der Waals surface area contributed by atoms with Crippen molar-refractivity contribution in [2.45, 2.75) is 6.92 Å². The number of benzene rings is 2. The van der Waals surface area contributed by atoms with Gasteiger partial charge in [-0.2, -0.15) is 10.5 Å². The molecule has 92 valence electrons. The lowest BCUT2D eigenvalue weighted by Gasteiger charge is -2.10. The zero-order chi connectivity index (χ0) is 13.8. The molecule has 19 heavy (non-hydrogen) atoms. The van der Waals surface area contributed by atoms with E-state index in [2.05, 4.69) is 17.5 Å². The first-order chi connectivity index (χ1) is 9.13. The second kappa shape index (κ2) is 5.44. The second-order valence-electron chi connectivity index (χ2n) is 4.07. The van der Waals surface area contributed by atoms with E-state index in [1.807, 2.05) is 13.0 Å². The molecule has 3 nitrogen and oxygen atoms in total. The molecule has 4 heteroatoms. The fourth-order valence-electron chi connectivity index (χ4n) is 1.74. The second-order valence-corrected chi connectivity index (χ2v) is 4.50. The van der Waals surface area contributed by atoms with E-state index < -0.39 is 0 Å². The van der Waals surface area contributed by atoms with Crippen LogP contribution in [0, 0.1) is 29.6 Å². The summed E-state index contributed by atoms with van der Waals surface area (Å²) in [5, 5.41) is 21.6. The summed E-state index contributed by atoms with van der Waals surface area (Å²) in [6.45, 7) is 1.87. The van der Waals surface area contributed by atoms with Crippen LogP contribution in [-0.4, -0.2) is 0 Å². The highest BCUT2D eigenvalue weighted by atomic mass is 35.5. The minimum atomic E-state index is 0.520. The fraction of sp³-hybridized carbons (Fsp3) is 0.0667. The van der Waals surface area contributed by atoms with Crippen molar-refractivity contribution in [3.8, 4) is 12.1 Å². The summed E-state index contributed by atoms with van der Waals surface area (Å²) in [4.78, 5) is 0. The Hall–Kier alpha value is -2.49. The molecule has 0 amide bonds. The van der Waals surface area contributed by atoms with Gasteiger partial charge in [-0.05, 0) is 48.9 Å². The van der Waals surface area contributed by atoms with Crippen molar-refractivity contribution in [1.29, 1.82) is 10.5 Å². The molecule has 0 aromatic heterocycles. The maximum Gasteiger partial charge on any atom is 0.101 e. The summed E-state index contributed by atoms with van der Waals surface area (Å²) in [5.41, 5.74) is 3.51. The maximum atomic E-state index is 9.05. The Morgan fingerprint density at radius 3 is 2.32 bits per heavy atom. The average Bonchev–Trinajstić information content (AvgIpc) is 2.39. The lowest BCUT2D eigenvalue weighted by atomic mass is 10.1.